The largest absolute Gasteiger partial charge is 0.493 e. The number of benzene rings is 4. The van der Waals surface area contributed by atoms with Gasteiger partial charge >= 0.3 is 0 Å². The lowest BCUT2D eigenvalue weighted by molar-refractivity contribution is -0.140. The summed E-state index contributed by atoms with van der Waals surface area (Å²) in [6.45, 7) is 1.39. The van der Waals surface area contributed by atoms with Gasteiger partial charge in [0, 0.05) is 29.5 Å². The number of hydrogen-bond acceptors (Lipinski definition) is 6. The Kier molecular flexibility index (Phi) is 12.0. The summed E-state index contributed by atoms with van der Waals surface area (Å²) < 4.78 is 41.6. The standard InChI is InChI=1S/C38H42BrN3O6S/c1-27-13-20-33(21-14-27)49(45,46)42(32-19-22-35(47-2)36(24-32)48-3)26-37(43)41(25-29-15-17-30(39)18-16-29)34(23-28-9-5-4-6-10-28)38(44)40-31-11-7-8-12-31/h4-6,9-10,13-22,24,31,34H,7-8,11-12,23,25-26H2,1-3H3,(H,40,44)/t34-/m1/s1. The van der Waals surface area contributed by atoms with Crippen molar-refractivity contribution < 1.29 is 27.5 Å². The normalized spacial score (nSPS) is 13.8. The fourth-order valence-corrected chi connectivity index (χ4v) is 7.72. The molecule has 49 heavy (non-hydrogen) atoms. The predicted molar refractivity (Wildman–Crippen MR) is 194 cm³/mol. The number of sulfonamides is 1. The summed E-state index contributed by atoms with van der Waals surface area (Å²) in [4.78, 5) is 30.5. The van der Waals surface area contributed by atoms with Crippen molar-refractivity contribution in [2.24, 2.45) is 0 Å². The van der Waals surface area contributed by atoms with Crippen LogP contribution >= 0.6 is 15.9 Å². The molecule has 1 saturated carbocycles. The van der Waals surface area contributed by atoms with Crippen LogP contribution in [0.15, 0.2) is 106 Å². The van der Waals surface area contributed by atoms with Crippen molar-refractivity contribution in [2.45, 2.75) is 62.6 Å². The Morgan fingerprint density at radius 1 is 0.857 bits per heavy atom. The van der Waals surface area contributed by atoms with Crippen LogP contribution in [0.25, 0.3) is 0 Å². The van der Waals surface area contributed by atoms with Gasteiger partial charge in [-0.3, -0.25) is 13.9 Å². The summed E-state index contributed by atoms with van der Waals surface area (Å²) in [7, 11) is -1.31. The number of hydrogen-bond donors (Lipinski definition) is 1. The molecular weight excluding hydrogens is 706 g/mol. The Morgan fingerprint density at radius 3 is 2.14 bits per heavy atom. The molecule has 0 aromatic heterocycles. The third-order valence-corrected chi connectivity index (χ3v) is 11.1. The first-order valence-corrected chi connectivity index (χ1v) is 18.5. The zero-order valence-electron chi connectivity index (χ0n) is 28.0. The summed E-state index contributed by atoms with van der Waals surface area (Å²) >= 11 is 3.48. The number of methoxy groups -OCH3 is 2. The van der Waals surface area contributed by atoms with Gasteiger partial charge in [-0.05, 0) is 67.3 Å². The van der Waals surface area contributed by atoms with Gasteiger partial charge in [0.05, 0.1) is 24.8 Å². The zero-order chi connectivity index (χ0) is 35.0. The van der Waals surface area contributed by atoms with Gasteiger partial charge in [-0.15, -0.1) is 0 Å². The number of carbonyl (C=O) groups is 2. The van der Waals surface area contributed by atoms with E-state index in [1.165, 1.54) is 37.3 Å². The highest BCUT2D eigenvalue weighted by atomic mass is 79.9. The molecule has 1 aliphatic carbocycles. The van der Waals surface area contributed by atoms with Crippen molar-refractivity contribution >= 4 is 43.5 Å². The molecule has 0 bridgehead atoms. The lowest BCUT2D eigenvalue weighted by atomic mass is 10.0. The smallest absolute Gasteiger partial charge is 0.264 e. The molecule has 5 rings (SSSR count). The van der Waals surface area contributed by atoms with Gasteiger partial charge in [0.15, 0.2) is 11.5 Å². The molecule has 1 N–H and O–H groups in total. The maximum absolute atomic E-state index is 14.8. The maximum atomic E-state index is 14.8. The van der Waals surface area contributed by atoms with Gasteiger partial charge in [-0.2, -0.15) is 0 Å². The van der Waals surface area contributed by atoms with E-state index in [0.717, 1.165) is 51.2 Å². The van der Waals surface area contributed by atoms with Crippen molar-refractivity contribution in [3.8, 4) is 11.5 Å². The average Bonchev–Trinajstić information content (AvgIpc) is 3.62. The molecule has 0 spiro atoms. The van der Waals surface area contributed by atoms with E-state index < -0.39 is 28.5 Å². The van der Waals surface area contributed by atoms with E-state index in [0.29, 0.717) is 11.5 Å². The highest BCUT2D eigenvalue weighted by Gasteiger charge is 2.36. The van der Waals surface area contributed by atoms with Crippen LogP contribution in [0.3, 0.4) is 0 Å². The van der Waals surface area contributed by atoms with E-state index in [4.69, 9.17) is 9.47 Å². The minimum absolute atomic E-state index is 0.0277. The monoisotopic (exact) mass is 747 g/mol. The average molecular weight is 749 g/mol. The summed E-state index contributed by atoms with van der Waals surface area (Å²) in [6.07, 6.45) is 4.08. The molecule has 0 saturated heterocycles. The first-order chi connectivity index (χ1) is 23.6. The fraction of sp³-hybridized carbons (Fsp3) is 0.316. The first-order valence-electron chi connectivity index (χ1n) is 16.3. The molecule has 1 atom stereocenters. The Balaban J connectivity index is 1.59. The molecule has 0 unspecified atom stereocenters. The van der Waals surface area contributed by atoms with Crippen LogP contribution in [0, 0.1) is 6.92 Å². The van der Waals surface area contributed by atoms with Crippen molar-refractivity contribution in [2.75, 3.05) is 25.1 Å². The molecular formula is C38H42BrN3O6S. The third-order valence-electron chi connectivity index (χ3n) is 8.78. The molecule has 1 aliphatic rings. The van der Waals surface area contributed by atoms with Crippen molar-refractivity contribution in [1.82, 2.24) is 10.2 Å². The molecule has 258 valence electrons. The van der Waals surface area contributed by atoms with Crippen LogP contribution in [0.2, 0.25) is 0 Å². The fourth-order valence-electron chi connectivity index (χ4n) is 6.05. The third kappa shape index (κ3) is 9.01. The summed E-state index contributed by atoms with van der Waals surface area (Å²) in [5.41, 5.74) is 2.78. The van der Waals surface area contributed by atoms with Crippen LogP contribution < -0.4 is 19.1 Å². The van der Waals surface area contributed by atoms with Crippen LogP contribution in [0.5, 0.6) is 11.5 Å². The maximum Gasteiger partial charge on any atom is 0.264 e. The zero-order valence-corrected chi connectivity index (χ0v) is 30.4. The summed E-state index contributed by atoms with van der Waals surface area (Å²) in [5.74, 6) is -0.0778. The molecule has 0 aliphatic heterocycles. The predicted octanol–water partition coefficient (Wildman–Crippen LogP) is 6.67. The Hall–Kier alpha value is -4.35. The quantitative estimate of drug-likeness (QED) is 0.155. The Bertz CT molecular complexity index is 1830. The number of ether oxygens (including phenoxy) is 2. The second kappa shape index (κ2) is 16.4. The molecule has 2 amide bonds. The molecule has 9 nitrogen and oxygen atoms in total. The lowest BCUT2D eigenvalue weighted by Crippen LogP contribution is -2.54. The van der Waals surface area contributed by atoms with Gasteiger partial charge in [-0.25, -0.2) is 8.42 Å². The Morgan fingerprint density at radius 2 is 1.51 bits per heavy atom. The highest BCUT2D eigenvalue weighted by Crippen LogP contribution is 2.34. The van der Waals surface area contributed by atoms with Crippen molar-refractivity contribution in [1.29, 1.82) is 0 Å². The van der Waals surface area contributed by atoms with E-state index in [1.54, 1.807) is 24.3 Å². The number of rotatable bonds is 14. The van der Waals surface area contributed by atoms with E-state index in [1.807, 2.05) is 61.5 Å². The van der Waals surface area contributed by atoms with Crippen molar-refractivity contribution in [3.63, 3.8) is 0 Å². The second-order valence-electron chi connectivity index (χ2n) is 12.2. The summed E-state index contributed by atoms with van der Waals surface area (Å²) in [5, 5.41) is 3.20. The van der Waals surface area contributed by atoms with E-state index in [2.05, 4.69) is 21.2 Å². The minimum Gasteiger partial charge on any atom is -0.493 e. The van der Waals surface area contributed by atoms with E-state index >= 15 is 0 Å². The molecule has 4 aromatic rings. The molecule has 11 heteroatoms. The van der Waals surface area contributed by atoms with Crippen LogP contribution in [0.1, 0.15) is 42.4 Å². The highest BCUT2D eigenvalue weighted by molar-refractivity contribution is 9.10. The van der Waals surface area contributed by atoms with Gasteiger partial charge in [0.25, 0.3) is 10.0 Å². The number of amides is 2. The van der Waals surface area contributed by atoms with Gasteiger partial charge < -0.3 is 19.7 Å². The second-order valence-corrected chi connectivity index (χ2v) is 15.0. The topological polar surface area (TPSA) is 105 Å². The van der Waals surface area contributed by atoms with E-state index in [-0.39, 0.29) is 35.5 Å². The van der Waals surface area contributed by atoms with Crippen LogP contribution in [-0.4, -0.2) is 58.0 Å². The molecule has 0 radical (unpaired) electrons. The Labute approximate surface area is 297 Å². The van der Waals surface area contributed by atoms with Gasteiger partial charge in [0.2, 0.25) is 11.8 Å². The number of halogens is 1. The van der Waals surface area contributed by atoms with E-state index in [9.17, 15) is 18.0 Å². The molecule has 0 heterocycles. The van der Waals surface area contributed by atoms with Crippen LogP contribution in [-0.2, 0) is 32.6 Å². The van der Waals surface area contributed by atoms with Gasteiger partial charge in [-0.1, -0.05) is 88.9 Å². The lowest BCUT2D eigenvalue weighted by Gasteiger charge is -2.34. The number of aryl methyl sites for hydroxylation is 1. The number of anilines is 1. The first kappa shape index (κ1) is 35.9. The molecule has 4 aromatic carbocycles. The number of nitrogens with zero attached hydrogens (tertiary/aromatic N) is 2. The number of nitrogens with one attached hydrogen (secondary N) is 1. The number of carbonyl (C=O) groups excluding carboxylic acids is 2. The summed E-state index contributed by atoms with van der Waals surface area (Å²) in [6, 6.07) is 27.4. The van der Waals surface area contributed by atoms with Crippen LogP contribution in [0.4, 0.5) is 5.69 Å². The van der Waals surface area contributed by atoms with Crippen molar-refractivity contribution in [3.05, 3.63) is 118 Å². The minimum atomic E-state index is -4.26. The SMILES string of the molecule is COc1ccc(N(CC(=O)N(Cc2ccc(Br)cc2)[C@H](Cc2ccccc2)C(=O)NC2CCCC2)S(=O)(=O)c2ccc(C)cc2)cc1OC. The van der Waals surface area contributed by atoms with Gasteiger partial charge in [0.1, 0.15) is 12.6 Å². The molecule has 1 fully saturated rings.